The van der Waals surface area contributed by atoms with Gasteiger partial charge in [0.05, 0.1) is 11.5 Å². The topological polar surface area (TPSA) is 84.3 Å². The van der Waals surface area contributed by atoms with Crippen LogP contribution in [0.2, 0.25) is 0 Å². The normalized spacial score (nSPS) is 9.83. The Morgan fingerprint density at radius 1 is 1.44 bits per heavy atom. The molecule has 0 saturated heterocycles. The number of carbonyl (C=O) groups excluding carboxylic acids is 1. The maximum absolute atomic E-state index is 11.4. The highest BCUT2D eigenvalue weighted by Gasteiger charge is 2.06. The van der Waals surface area contributed by atoms with E-state index in [1.54, 1.807) is 12.1 Å². The number of amides is 1. The van der Waals surface area contributed by atoms with Crippen molar-refractivity contribution < 1.29 is 9.72 Å². The largest absolute Gasteiger partial charge is 0.376 e. The maximum atomic E-state index is 11.4. The highest BCUT2D eigenvalue weighted by molar-refractivity contribution is 5.80. The van der Waals surface area contributed by atoms with Crippen molar-refractivity contribution in [2.24, 2.45) is 0 Å². The Kier molecular flexibility index (Phi) is 5.63. The number of nitrogens with zero attached hydrogens (tertiary/aromatic N) is 1. The van der Waals surface area contributed by atoms with Crippen molar-refractivity contribution in [3.8, 4) is 0 Å². The number of hydrogen-bond donors (Lipinski definition) is 2. The van der Waals surface area contributed by atoms with E-state index in [4.69, 9.17) is 0 Å². The van der Waals surface area contributed by atoms with Gasteiger partial charge in [-0.05, 0) is 12.5 Å². The third kappa shape index (κ3) is 4.82. The highest BCUT2D eigenvalue weighted by atomic mass is 16.6. The molecular weight excluding hydrogens is 234 g/mol. The van der Waals surface area contributed by atoms with Gasteiger partial charge in [0.25, 0.3) is 5.69 Å². The highest BCUT2D eigenvalue weighted by Crippen LogP contribution is 2.16. The molecule has 1 aromatic rings. The van der Waals surface area contributed by atoms with Gasteiger partial charge >= 0.3 is 0 Å². The van der Waals surface area contributed by atoms with Gasteiger partial charge in [-0.15, -0.1) is 0 Å². The molecule has 0 aromatic heterocycles. The van der Waals surface area contributed by atoms with E-state index >= 15 is 0 Å². The number of rotatable bonds is 7. The van der Waals surface area contributed by atoms with Gasteiger partial charge in [-0.2, -0.15) is 0 Å². The molecule has 0 spiro atoms. The van der Waals surface area contributed by atoms with Gasteiger partial charge in [-0.25, -0.2) is 0 Å². The van der Waals surface area contributed by atoms with Crippen LogP contribution in [-0.4, -0.2) is 23.9 Å². The molecule has 1 aromatic carbocycles. The van der Waals surface area contributed by atoms with Crippen molar-refractivity contribution in [2.75, 3.05) is 18.4 Å². The van der Waals surface area contributed by atoms with Crippen molar-refractivity contribution in [1.82, 2.24) is 5.32 Å². The second kappa shape index (κ2) is 7.26. The van der Waals surface area contributed by atoms with Gasteiger partial charge in [-0.1, -0.05) is 19.4 Å². The first-order chi connectivity index (χ1) is 8.63. The molecule has 0 bridgehead atoms. The standard InChI is InChI=1S/C12H17N3O3/c1-2-3-7-13-12(16)9-14-10-5-4-6-11(8-10)15(17)18/h4-6,8,14H,2-3,7,9H2,1H3,(H,13,16). The van der Waals surface area contributed by atoms with Crippen molar-refractivity contribution in [3.05, 3.63) is 34.4 Å². The first kappa shape index (κ1) is 14.0. The Hall–Kier alpha value is -2.11. The van der Waals surface area contributed by atoms with Gasteiger partial charge in [0, 0.05) is 24.4 Å². The minimum Gasteiger partial charge on any atom is -0.376 e. The van der Waals surface area contributed by atoms with Crippen LogP contribution >= 0.6 is 0 Å². The Bertz CT molecular complexity index is 421. The molecule has 0 aliphatic carbocycles. The molecule has 98 valence electrons. The molecule has 0 heterocycles. The van der Waals surface area contributed by atoms with Crippen LogP contribution in [0, 0.1) is 10.1 Å². The Morgan fingerprint density at radius 2 is 2.22 bits per heavy atom. The number of hydrogen-bond acceptors (Lipinski definition) is 4. The summed E-state index contributed by atoms with van der Waals surface area (Å²) in [6.07, 6.45) is 1.97. The van der Waals surface area contributed by atoms with Crippen LogP contribution in [0.1, 0.15) is 19.8 Å². The zero-order valence-corrected chi connectivity index (χ0v) is 10.3. The van der Waals surface area contributed by atoms with Gasteiger partial charge in [0.2, 0.25) is 5.91 Å². The van der Waals surface area contributed by atoms with Gasteiger partial charge < -0.3 is 10.6 Å². The molecule has 0 aliphatic heterocycles. The summed E-state index contributed by atoms with van der Waals surface area (Å²) in [5.41, 5.74) is 0.571. The lowest BCUT2D eigenvalue weighted by Gasteiger charge is -2.07. The van der Waals surface area contributed by atoms with E-state index in [-0.39, 0.29) is 18.1 Å². The number of benzene rings is 1. The van der Waals surface area contributed by atoms with Gasteiger partial charge in [0.1, 0.15) is 0 Å². The predicted octanol–water partition coefficient (Wildman–Crippen LogP) is 1.92. The average molecular weight is 251 g/mol. The number of non-ortho nitro benzene ring substituents is 1. The summed E-state index contributed by atoms with van der Waals surface area (Å²) in [6.45, 7) is 2.82. The van der Waals surface area contributed by atoms with Crippen molar-refractivity contribution in [3.63, 3.8) is 0 Å². The average Bonchev–Trinajstić information content (AvgIpc) is 2.37. The fourth-order valence-electron chi connectivity index (χ4n) is 1.38. The number of carbonyl (C=O) groups is 1. The minimum absolute atomic E-state index is 0.00592. The van der Waals surface area contributed by atoms with Crippen LogP contribution in [0.5, 0.6) is 0 Å². The molecule has 1 amide bonds. The summed E-state index contributed by atoms with van der Waals surface area (Å²) < 4.78 is 0. The number of nitrogens with one attached hydrogen (secondary N) is 2. The molecular formula is C12H17N3O3. The molecule has 6 heteroatoms. The second-order valence-electron chi connectivity index (χ2n) is 3.86. The first-order valence-electron chi connectivity index (χ1n) is 5.88. The number of anilines is 1. The summed E-state index contributed by atoms with van der Waals surface area (Å²) in [4.78, 5) is 21.5. The minimum atomic E-state index is -0.466. The Balaban J connectivity index is 2.41. The van der Waals surface area contributed by atoms with Gasteiger partial charge in [0.15, 0.2) is 0 Å². The van der Waals surface area contributed by atoms with Crippen LogP contribution in [0.25, 0.3) is 0 Å². The Morgan fingerprint density at radius 3 is 2.89 bits per heavy atom. The molecule has 0 saturated carbocycles. The number of unbranched alkanes of at least 4 members (excludes halogenated alkanes) is 1. The quantitative estimate of drug-likeness (QED) is 0.440. The molecule has 1 rings (SSSR count). The third-order valence-corrected chi connectivity index (χ3v) is 2.36. The molecule has 2 N–H and O–H groups in total. The zero-order chi connectivity index (χ0) is 13.4. The van der Waals surface area contributed by atoms with E-state index in [2.05, 4.69) is 10.6 Å². The molecule has 0 fully saturated rings. The molecule has 0 radical (unpaired) electrons. The lowest BCUT2D eigenvalue weighted by molar-refractivity contribution is -0.384. The predicted molar refractivity (Wildman–Crippen MR) is 69.5 cm³/mol. The van der Waals surface area contributed by atoms with E-state index < -0.39 is 4.92 Å². The summed E-state index contributed by atoms with van der Waals surface area (Å²) in [5, 5.41) is 16.2. The number of nitro benzene ring substituents is 1. The second-order valence-corrected chi connectivity index (χ2v) is 3.86. The van der Waals surface area contributed by atoms with Crippen molar-refractivity contribution >= 4 is 17.3 Å². The third-order valence-electron chi connectivity index (χ3n) is 2.36. The van der Waals surface area contributed by atoms with Crippen LogP contribution in [0.3, 0.4) is 0 Å². The molecule has 0 aliphatic rings. The van der Waals surface area contributed by atoms with Crippen molar-refractivity contribution in [1.29, 1.82) is 0 Å². The van der Waals surface area contributed by atoms with Crippen LogP contribution in [0.15, 0.2) is 24.3 Å². The van der Waals surface area contributed by atoms with Crippen molar-refractivity contribution in [2.45, 2.75) is 19.8 Å². The van der Waals surface area contributed by atoms with Crippen LogP contribution in [-0.2, 0) is 4.79 Å². The van der Waals surface area contributed by atoms with E-state index in [1.807, 2.05) is 6.92 Å². The van der Waals surface area contributed by atoms with E-state index in [0.29, 0.717) is 12.2 Å². The SMILES string of the molecule is CCCCNC(=O)CNc1cccc([N+](=O)[O-])c1. The first-order valence-corrected chi connectivity index (χ1v) is 5.88. The van der Waals surface area contributed by atoms with Crippen LogP contribution < -0.4 is 10.6 Å². The fraction of sp³-hybridized carbons (Fsp3) is 0.417. The summed E-state index contributed by atoms with van der Waals surface area (Å²) in [5.74, 6) is -0.116. The summed E-state index contributed by atoms with van der Waals surface area (Å²) in [7, 11) is 0. The smallest absolute Gasteiger partial charge is 0.271 e. The lowest BCUT2D eigenvalue weighted by Crippen LogP contribution is -2.30. The molecule has 6 nitrogen and oxygen atoms in total. The van der Waals surface area contributed by atoms with Gasteiger partial charge in [-0.3, -0.25) is 14.9 Å². The fourth-order valence-corrected chi connectivity index (χ4v) is 1.38. The van der Waals surface area contributed by atoms with E-state index in [0.717, 1.165) is 12.8 Å². The summed E-state index contributed by atoms with van der Waals surface area (Å²) >= 11 is 0. The Labute approximate surface area is 106 Å². The zero-order valence-electron chi connectivity index (χ0n) is 10.3. The summed E-state index contributed by atoms with van der Waals surface area (Å²) in [6, 6.07) is 6.08. The van der Waals surface area contributed by atoms with E-state index in [9.17, 15) is 14.9 Å². The lowest BCUT2D eigenvalue weighted by atomic mass is 10.3. The number of nitro groups is 1. The maximum Gasteiger partial charge on any atom is 0.271 e. The molecule has 0 atom stereocenters. The molecule has 0 unspecified atom stereocenters. The van der Waals surface area contributed by atoms with E-state index in [1.165, 1.54) is 12.1 Å². The monoisotopic (exact) mass is 251 g/mol. The molecule has 18 heavy (non-hydrogen) atoms. The van der Waals surface area contributed by atoms with Crippen LogP contribution in [0.4, 0.5) is 11.4 Å².